The molecular weight excluding hydrogens is 531 g/mol. The fourth-order valence-electron chi connectivity index (χ4n) is 4.46. The lowest BCUT2D eigenvalue weighted by Crippen LogP contribution is -2.49. The molecule has 1 aliphatic rings. The van der Waals surface area contributed by atoms with E-state index in [0.29, 0.717) is 36.3 Å². The number of ether oxygens (including phenoxy) is 1. The predicted molar refractivity (Wildman–Crippen MR) is 157 cm³/mol. The largest absolute Gasteiger partial charge is 0.454 e. The lowest BCUT2D eigenvalue weighted by Gasteiger charge is -2.38. The molecule has 9 nitrogen and oxygen atoms in total. The summed E-state index contributed by atoms with van der Waals surface area (Å²) in [6, 6.07) is 16.3. The quantitative estimate of drug-likeness (QED) is 0.296. The zero-order valence-corrected chi connectivity index (χ0v) is 23.3. The predicted octanol–water partition coefficient (Wildman–Crippen LogP) is 5.05. The molecule has 3 aromatic rings. The van der Waals surface area contributed by atoms with Gasteiger partial charge in [0.05, 0.1) is 6.42 Å². The molecule has 2 aromatic carbocycles. The molecule has 0 atom stereocenters. The molecule has 0 aliphatic carbocycles. The van der Waals surface area contributed by atoms with Crippen LogP contribution in [0.4, 0.5) is 20.7 Å². The Balaban J connectivity index is 1.29. The van der Waals surface area contributed by atoms with E-state index < -0.39 is 5.82 Å². The van der Waals surface area contributed by atoms with Crippen LogP contribution in [0.15, 0.2) is 66.9 Å². The van der Waals surface area contributed by atoms with Crippen LogP contribution in [0.2, 0.25) is 0 Å². The first kappa shape index (κ1) is 28.9. The van der Waals surface area contributed by atoms with E-state index >= 15 is 0 Å². The topological polar surface area (TPSA) is 122 Å². The van der Waals surface area contributed by atoms with Crippen molar-refractivity contribution in [3.63, 3.8) is 0 Å². The summed E-state index contributed by atoms with van der Waals surface area (Å²) in [4.78, 5) is 30.8. The van der Waals surface area contributed by atoms with Crippen molar-refractivity contribution in [3.05, 3.63) is 78.2 Å². The number of carbonyl (C=O) groups is 2. The number of halogens is 1. The standard InChI is InChI=1S/C29H33FN6O3S/c1-29(2,31)20-11-14-36(15-12-20)28(38)34-25-18-22(10-13-32-25)39-24-9-8-21(17-23(24)30)33-27(40)35-26(37)16-19-6-4-3-5-7-19/h3-10,13,17-18,20H,11-12,14-16,31H2,1-2H3,(H,32,34,38)(H2,33,35,37,40). The number of piperidine rings is 1. The third-order valence-electron chi connectivity index (χ3n) is 6.68. The van der Waals surface area contributed by atoms with Crippen molar-refractivity contribution in [3.8, 4) is 11.5 Å². The van der Waals surface area contributed by atoms with Crippen molar-refractivity contribution < 1.29 is 18.7 Å². The molecule has 0 bridgehead atoms. The summed E-state index contributed by atoms with van der Waals surface area (Å²) < 4.78 is 20.5. The van der Waals surface area contributed by atoms with E-state index in [2.05, 4.69) is 20.9 Å². The van der Waals surface area contributed by atoms with Gasteiger partial charge in [0.15, 0.2) is 16.7 Å². The van der Waals surface area contributed by atoms with Gasteiger partial charge in [-0.3, -0.25) is 10.1 Å². The van der Waals surface area contributed by atoms with Crippen molar-refractivity contribution in [1.82, 2.24) is 15.2 Å². The molecule has 2 heterocycles. The molecule has 1 aliphatic heterocycles. The van der Waals surface area contributed by atoms with Crippen molar-refractivity contribution in [1.29, 1.82) is 0 Å². The Morgan fingerprint density at radius 3 is 2.50 bits per heavy atom. The minimum absolute atomic E-state index is 0.0282. The first-order valence-corrected chi connectivity index (χ1v) is 13.4. The van der Waals surface area contributed by atoms with E-state index in [0.717, 1.165) is 18.4 Å². The van der Waals surface area contributed by atoms with Crippen LogP contribution in [0.1, 0.15) is 32.3 Å². The Kier molecular flexibility index (Phi) is 9.28. The molecule has 1 aromatic heterocycles. The van der Waals surface area contributed by atoms with Gasteiger partial charge in [-0.2, -0.15) is 0 Å². The fourth-order valence-corrected chi connectivity index (χ4v) is 4.69. The number of thiocarbonyl (C=S) groups is 1. The van der Waals surface area contributed by atoms with Gasteiger partial charge in [0.2, 0.25) is 5.91 Å². The van der Waals surface area contributed by atoms with E-state index in [9.17, 15) is 14.0 Å². The summed E-state index contributed by atoms with van der Waals surface area (Å²) in [5, 5.41) is 8.21. The molecule has 0 saturated carbocycles. The van der Waals surface area contributed by atoms with Crippen molar-refractivity contribution >= 4 is 40.8 Å². The summed E-state index contributed by atoms with van der Waals surface area (Å²) >= 11 is 5.18. The Bertz CT molecular complexity index is 1360. The number of anilines is 2. The van der Waals surface area contributed by atoms with Gasteiger partial charge in [0, 0.05) is 42.6 Å². The maximum Gasteiger partial charge on any atom is 0.323 e. The first-order valence-electron chi connectivity index (χ1n) is 13.0. The van der Waals surface area contributed by atoms with Crippen LogP contribution in [0, 0.1) is 11.7 Å². The molecule has 11 heteroatoms. The monoisotopic (exact) mass is 564 g/mol. The Morgan fingerprint density at radius 1 is 1.10 bits per heavy atom. The molecule has 4 rings (SSSR count). The van der Waals surface area contributed by atoms with Crippen LogP contribution in [0.25, 0.3) is 0 Å². The maximum atomic E-state index is 14.8. The number of benzene rings is 2. The zero-order valence-electron chi connectivity index (χ0n) is 22.4. The van der Waals surface area contributed by atoms with E-state index in [1.807, 2.05) is 44.2 Å². The van der Waals surface area contributed by atoms with Crippen molar-refractivity contribution in [2.24, 2.45) is 11.7 Å². The van der Waals surface area contributed by atoms with Gasteiger partial charge in [-0.05, 0) is 68.6 Å². The number of amides is 3. The van der Waals surface area contributed by atoms with Crippen LogP contribution in [-0.4, -0.2) is 45.6 Å². The molecular formula is C29H33FN6O3S. The molecule has 40 heavy (non-hydrogen) atoms. The van der Waals surface area contributed by atoms with Crippen LogP contribution in [0.3, 0.4) is 0 Å². The highest BCUT2D eigenvalue weighted by Gasteiger charge is 2.31. The Hall–Kier alpha value is -4.09. The fraction of sp³-hybridized carbons (Fsp3) is 0.310. The highest BCUT2D eigenvalue weighted by atomic mass is 32.1. The number of rotatable bonds is 7. The van der Waals surface area contributed by atoms with Gasteiger partial charge in [0.25, 0.3) is 0 Å². The second-order valence-electron chi connectivity index (χ2n) is 10.3. The normalized spacial score (nSPS) is 13.8. The van der Waals surface area contributed by atoms with Crippen LogP contribution in [0.5, 0.6) is 11.5 Å². The number of nitrogens with two attached hydrogens (primary N) is 1. The minimum atomic E-state index is -0.642. The highest BCUT2D eigenvalue weighted by molar-refractivity contribution is 7.80. The number of hydrogen-bond acceptors (Lipinski definition) is 6. The molecule has 3 amide bonds. The lowest BCUT2D eigenvalue weighted by molar-refractivity contribution is -0.119. The molecule has 1 saturated heterocycles. The summed E-state index contributed by atoms with van der Waals surface area (Å²) in [7, 11) is 0. The Morgan fingerprint density at radius 2 is 1.82 bits per heavy atom. The van der Waals surface area contributed by atoms with Gasteiger partial charge >= 0.3 is 6.03 Å². The average molecular weight is 565 g/mol. The van der Waals surface area contributed by atoms with Crippen molar-refractivity contribution in [2.75, 3.05) is 23.7 Å². The van der Waals surface area contributed by atoms with E-state index in [1.54, 1.807) is 17.0 Å². The SMILES string of the molecule is CC(C)(N)C1CCN(C(=O)Nc2cc(Oc3ccc(NC(=S)NC(=O)Cc4ccccc4)cc3F)ccn2)CC1. The van der Waals surface area contributed by atoms with Gasteiger partial charge in [-0.25, -0.2) is 14.2 Å². The first-order chi connectivity index (χ1) is 19.1. The molecule has 210 valence electrons. The number of aromatic nitrogens is 1. The van der Waals surface area contributed by atoms with Gasteiger partial charge in [-0.1, -0.05) is 30.3 Å². The molecule has 0 radical (unpaired) electrons. The Labute approximate surface area is 238 Å². The molecule has 5 N–H and O–H groups in total. The summed E-state index contributed by atoms with van der Waals surface area (Å²) in [6.45, 7) is 5.24. The average Bonchev–Trinajstić information content (AvgIpc) is 2.90. The third-order valence-corrected chi connectivity index (χ3v) is 6.88. The van der Waals surface area contributed by atoms with Crippen LogP contribution in [-0.2, 0) is 11.2 Å². The van der Waals surface area contributed by atoms with Gasteiger partial charge in [0.1, 0.15) is 11.6 Å². The van der Waals surface area contributed by atoms with Gasteiger partial charge in [-0.15, -0.1) is 0 Å². The highest BCUT2D eigenvalue weighted by Crippen LogP contribution is 2.29. The second kappa shape index (κ2) is 12.8. The van der Waals surface area contributed by atoms with E-state index in [4.69, 9.17) is 22.7 Å². The molecule has 1 fully saturated rings. The number of nitrogens with one attached hydrogen (secondary N) is 3. The number of pyridine rings is 1. The van der Waals surface area contributed by atoms with E-state index in [1.165, 1.54) is 24.4 Å². The summed E-state index contributed by atoms with van der Waals surface area (Å²) in [5.41, 5.74) is 7.15. The van der Waals surface area contributed by atoms with Crippen LogP contribution >= 0.6 is 12.2 Å². The zero-order chi connectivity index (χ0) is 28.7. The molecule has 0 spiro atoms. The number of likely N-dealkylation sites (tertiary alicyclic amines) is 1. The van der Waals surface area contributed by atoms with Crippen LogP contribution < -0.4 is 26.4 Å². The maximum absolute atomic E-state index is 14.8. The smallest absolute Gasteiger partial charge is 0.323 e. The number of nitrogens with zero attached hydrogens (tertiary/aromatic N) is 2. The van der Waals surface area contributed by atoms with E-state index in [-0.39, 0.29) is 34.8 Å². The number of hydrogen-bond donors (Lipinski definition) is 4. The second-order valence-corrected chi connectivity index (χ2v) is 10.7. The lowest BCUT2D eigenvalue weighted by atomic mass is 9.81. The van der Waals surface area contributed by atoms with Crippen molar-refractivity contribution in [2.45, 2.75) is 38.6 Å². The number of carbonyl (C=O) groups excluding carboxylic acids is 2. The summed E-state index contributed by atoms with van der Waals surface area (Å²) in [6.07, 6.45) is 3.31. The minimum Gasteiger partial charge on any atom is -0.454 e. The number of urea groups is 1. The summed E-state index contributed by atoms with van der Waals surface area (Å²) in [5.74, 6) is -0.00199. The molecule has 0 unspecified atom stereocenters. The van der Waals surface area contributed by atoms with Gasteiger partial charge < -0.3 is 26.0 Å². The third kappa shape index (κ3) is 8.20.